The molecule has 0 aliphatic heterocycles. The molecular weight excluding hydrogens is 404 g/mol. The van der Waals surface area contributed by atoms with E-state index < -0.39 is 33.2 Å². The second kappa shape index (κ2) is 10.6. The molecule has 29 heavy (non-hydrogen) atoms. The minimum absolute atomic E-state index is 0.0363. The van der Waals surface area contributed by atoms with Crippen LogP contribution < -0.4 is 5.73 Å². The average Bonchev–Trinajstić information content (AvgIpc) is 2.65. The highest BCUT2D eigenvalue weighted by Gasteiger charge is 2.20. The summed E-state index contributed by atoms with van der Waals surface area (Å²) >= 11 is 0. The Morgan fingerprint density at radius 3 is 2.10 bits per heavy atom. The van der Waals surface area contributed by atoms with Crippen molar-refractivity contribution in [2.45, 2.75) is 37.5 Å². The number of ether oxygens (including phenoxy) is 1. The van der Waals surface area contributed by atoms with Crippen molar-refractivity contribution in [1.29, 1.82) is 0 Å². The Bertz CT molecular complexity index is 925. The fourth-order valence-electron chi connectivity index (χ4n) is 1.87. The van der Waals surface area contributed by atoms with E-state index in [4.69, 9.17) is 20.1 Å². The number of carbonyl (C=O) groups is 1. The van der Waals surface area contributed by atoms with Gasteiger partial charge in [-0.3, -0.25) is 19.5 Å². The summed E-state index contributed by atoms with van der Waals surface area (Å²) in [6, 6.07) is 10.5. The van der Waals surface area contributed by atoms with E-state index in [1.54, 1.807) is 12.1 Å². The van der Waals surface area contributed by atoms with Crippen LogP contribution in [-0.4, -0.2) is 41.1 Å². The van der Waals surface area contributed by atoms with Crippen molar-refractivity contribution in [3.63, 3.8) is 0 Å². The number of aryl methyl sites for hydroxylation is 1. The van der Waals surface area contributed by atoms with Crippen molar-refractivity contribution in [2.75, 3.05) is 0 Å². The van der Waals surface area contributed by atoms with E-state index in [9.17, 15) is 23.3 Å². The molecule has 0 bridgehead atoms. The summed E-state index contributed by atoms with van der Waals surface area (Å²) in [5, 5.41) is 19.5. The largest absolute Gasteiger partial charge is 0.460 e. The Kier molecular flexibility index (Phi) is 8.85. The lowest BCUT2D eigenvalue weighted by Crippen LogP contribution is -2.41. The van der Waals surface area contributed by atoms with Gasteiger partial charge in [0.1, 0.15) is 12.6 Å². The molecule has 4 N–H and O–H groups in total. The Labute approximate surface area is 167 Å². The summed E-state index contributed by atoms with van der Waals surface area (Å²) in [5.41, 5.74) is 6.90. The highest BCUT2D eigenvalue weighted by Crippen LogP contribution is 2.13. The number of carbonyl (C=O) groups excluding carboxylic acids is 1. The molecule has 0 aliphatic carbocycles. The second-order valence-electron chi connectivity index (χ2n) is 6.09. The molecule has 158 valence electrons. The summed E-state index contributed by atoms with van der Waals surface area (Å²) < 4.78 is 34.4. The molecule has 0 unspecified atom stereocenters. The lowest BCUT2D eigenvalue weighted by molar-refractivity contribution is -0.384. The topological polar surface area (TPSA) is 170 Å². The van der Waals surface area contributed by atoms with Crippen LogP contribution in [0.4, 0.5) is 5.69 Å². The van der Waals surface area contributed by atoms with Crippen molar-refractivity contribution < 1.29 is 32.5 Å². The van der Waals surface area contributed by atoms with Crippen LogP contribution in [0.3, 0.4) is 0 Å². The molecule has 0 aromatic heterocycles. The van der Waals surface area contributed by atoms with E-state index in [-0.39, 0.29) is 17.2 Å². The Morgan fingerprint density at radius 2 is 1.69 bits per heavy atom. The van der Waals surface area contributed by atoms with Crippen LogP contribution in [0.25, 0.3) is 0 Å². The lowest BCUT2D eigenvalue weighted by Gasteiger charge is -2.13. The van der Waals surface area contributed by atoms with Crippen LogP contribution in [0.1, 0.15) is 18.1 Å². The van der Waals surface area contributed by atoms with Gasteiger partial charge in [0.15, 0.2) is 0 Å². The van der Waals surface area contributed by atoms with Gasteiger partial charge in [0.25, 0.3) is 15.8 Å². The summed E-state index contributed by atoms with van der Waals surface area (Å²) in [4.78, 5) is 21.2. The second-order valence-corrected chi connectivity index (χ2v) is 7.51. The highest BCUT2D eigenvalue weighted by molar-refractivity contribution is 7.85. The number of aliphatic hydroxyl groups excluding tert-OH is 1. The highest BCUT2D eigenvalue weighted by atomic mass is 32.2. The van der Waals surface area contributed by atoms with Crippen LogP contribution in [0, 0.1) is 17.0 Å². The number of hydrogen-bond donors (Lipinski definition) is 3. The van der Waals surface area contributed by atoms with Gasteiger partial charge < -0.3 is 15.6 Å². The van der Waals surface area contributed by atoms with Crippen molar-refractivity contribution in [3.8, 4) is 0 Å². The Hall–Kier alpha value is -2.86. The monoisotopic (exact) mass is 426 g/mol. The summed E-state index contributed by atoms with van der Waals surface area (Å²) in [6.45, 7) is 3.18. The number of non-ortho nitro benzene ring substituents is 1. The number of esters is 1. The lowest BCUT2D eigenvalue weighted by atomic mass is 10.2. The van der Waals surface area contributed by atoms with Gasteiger partial charge in [0.2, 0.25) is 0 Å². The van der Waals surface area contributed by atoms with E-state index in [0.29, 0.717) is 5.56 Å². The van der Waals surface area contributed by atoms with Crippen LogP contribution in [-0.2, 0) is 26.3 Å². The standard InChI is InChI=1S/C11H14N2O5.C7H8O3S/c1-7(14)10(12)11(15)18-6-8-2-4-9(5-3-8)13(16)17;1-6-2-4-7(5-3-6)11(8,9)10/h2-5,7,10,14H,6,12H2,1H3;2-5H,1H3,(H,8,9,10)/t7-,10+;/m1./s1. The maximum absolute atomic E-state index is 11.3. The number of nitrogens with two attached hydrogens (primary N) is 1. The number of benzene rings is 2. The van der Waals surface area contributed by atoms with Crippen molar-refractivity contribution in [1.82, 2.24) is 0 Å². The Balaban J connectivity index is 0.000000326. The zero-order valence-electron chi connectivity index (χ0n) is 15.8. The molecule has 2 rings (SSSR count). The zero-order valence-corrected chi connectivity index (χ0v) is 16.6. The smallest absolute Gasteiger partial charge is 0.325 e. The van der Waals surface area contributed by atoms with Gasteiger partial charge >= 0.3 is 5.97 Å². The van der Waals surface area contributed by atoms with Gasteiger partial charge in [0, 0.05) is 12.1 Å². The molecule has 11 heteroatoms. The van der Waals surface area contributed by atoms with Crippen molar-refractivity contribution in [2.24, 2.45) is 5.73 Å². The Morgan fingerprint density at radius 1 is 1.17 bits per heavy atom. The molecule has 0 heterocycles. The van der Waals surface area contributed by atoms with Crippen molar-refractivity contribution in [3.05, 3.63) is 69.8 Å². The number of hydrogen-bond acceptors (Lipinski definition) is 8. The van der Waals surface area contributed by atoms with Crippen molar-refractivity contribution >= 4 is 21.8 Å². The predicted octanol–water partition coefficient (Wildman–Crippen LogP) is 1.59. The molecular formula is C18H22N2O8S. The van der Waals surface area contributed by atoms with Gasteiger partial charge in [-0.1, -0.05) is 17.7 Å². The molecule has 0 radical (unpaired) electrons. The molecule has 2 aromatic rings. The SMILES string of the molecule is C[C@@H](O)[C@H](N)C(=O)OCc1ccc([N+](=O)[O-])cc1.Cc1ccc(S(=O)(=O)O)cc1. The van der Waals surface area contributed by atoms with Gasteiger partial charge in [0.05, 0.1) is 15.9 Å². The first-order valence-corrected chi connectivity index (χ1v) is 9.73. The van der Waals surface area contributed by atoms with E-state index >= 15 is 0 Å². The van der Waals surface area contributed by atoms with E-state index in [1.165, 1.54) is 43.3 Å². The van der Waals surface area contributed by atoms with E-state index in [2.05, 4.69) is 0 Å². The van der Waals surface area contributed by atoms with Crippen LogP contribution >= 0.6 is 0 Å². The first-order chi connectivity index (χ1) is 13.4. The molecule has 10 nitrogen and oxygen atoms in total. The maximum atomic E-state index is 11.3. The third-order valence-electron chi connectivity index (χ3n) is 3.64. The summed E-state index contributed by atoms with van der Waals surface area (Å²) in [7, 11) is -4.02. The number of nitro benzene ring substituents is 1. The first kappa shape index (κ1) is 24.2. The number of rotatable bonds is 6. The number of nitro groups is 1. The minimum Gasteiger partial charge on any atom is -0.460 e. The van der Waals surface area contributed by atoms with Gasteiger partial charge in [-0.25, -0.2) is 0 Å². The molecule has 0 spiro atoms. The molecule has 2 atom stereocenters. The molecule has 0 fully saturated rings. The minimum atomic E-state index is -4.02. The predicted molar refractivity (Wildman–Crippen MR) is 104 cm³/mol. The van der Waals surface area contributed by atoms with Crippen LogP contribution in [0.15, 0.2) is 53.4 Å². The molecule has 0 saturated carbocycles. The quantitative estimate of drug-likeness (QED) is 0.268. The molecule has 0 saturated heterocycles. The number of aliphatic hydroxyl groups is 1. The average molecular weight is 426 g/mol. The van der Waals surface area contributed by atoms with Crippen LogP contribution in [0.5, 0.6) is 0 Å². The van der Waals surface area contributed by atoms with Gasteiger partial charge in [-0.05, 0) is 43.7 Å². The number of nitrogens with zero attached hydrogens (tertiary/aromatic N) is 1. The summed E-state index contributed by atoms with van der Waals surface area (Å²) in [6.07, 6.45) is -0.991. The fraction of sp³-hybridized carbons (Fsp3) is 0.278. The van der Waals surface area contributed by atoms with Gasteiger partial charge in [-0.2, -0.15) is 8.42 Å². The zero-order chi connectivity index (χ0) is 22.2. The first-order valence-electron chi connectivity index (χ1n) is 8.29. The van der Waals surface area contributed by atoms with E-state index in [0.717, 1.165) is 5.56 Å². The molecule has 2 aromatic carbocycles. The maximum Gasteiger partial charge on any atom is 0.325 e. The molecule has 0 amide bonds. The van der Waals surface area contributed by atoms with E-state index in [1.807, 2.05) is 6.92 Å². The van der Waals surface area contributed by atoms with Crippen LogP contribution in [0.2, 0.25) is 0 Å². The van der Waals surface area contributed by atoms with Gasteiger partial charge in [-0.15, -0.1) is 0 Å². The summed E-state index contributed by atoms with van der Waals surface area (Å²) in [5.74, 6) is -0.719. The molecule has 0 aliphatic rings. The third-order valence-corrected chi connectivity index (χ3v) is 4.51. The third kappa shape index (κ3) is 8.35. The normalized spacial score (nSPS) is 12.9. The fourth-order valence-corrected chi connectivity index (χ4v) is 2.35.